The van der Waals surface area contributed by atoms with Crippen molar-refractivity contribution < 1.29 is 19.1 Å². The number of allylic oxidation sites excluding steroid dienone is 2. The van der Waals surface area contributed by atoms with E-state index in [2.05, 4.69) is 13.8 Å². The molecule has 0 saturated heterocycles. The molecule has 0 fully saturated rings. The second-order valence-corrected chi connectivity index (χ2v) is 6.98. The Kier molecular flexibility index (Phi) is 19.5. The highest BCUT2D eigenvalue weighted by Gasteiger charge is 2.03. The Labute approximate surface area is 166 Å². The Morgan fingerprint density at radius 1 is 0.593 bits per heavy atom. The molecule has 156 valence electrons. The van der Waals surface area contributed by atoms with Gasteiger partial charge in [0, 0.05) is 12.8 Å². The largest absolute Gasteiger partial charge is 0.435 e. The second kappa shape index (κ2) is 20.7. The van der Waals surface area contributed by atoms with Crippen molar-refractivity contribution in [2.45, 2.75) is 110 Å². The van der Waals surface area contributed by atoms with Crippen molar-refractivity contribution in [2.24, 2.45) is 0 Å². The molecule has 0 unspecified atom stereocenters. The van der Waals surface area contributed by atoms with Gasteiger partial charge in [0.25, 0.3) is 0 Å². The number of esters is 2. The molecule has 0 aromatic heterocycles. The maximum Gasteiger partial charge on any atom is 0.310 e. The number of rotatable bonds is 18. The van der Waals surface area contributed by atoms with Gasteiger partial charge in [0.1, 0.15) is 0 Å². The summed E-state index contributed by atoms with van der Waals surface area (Å²) in [5, 5.41) is 0. The van der Waals surface area contributed by atoms with Crippen molar-refractivity contribution in [2.75, 3.05) is 0 Å². The van der Waals surface area contributed by atoms with Gasteiger partial charge >= 0.3 is 11.9 Å². The van der Waals surface area contributed by atoms with Crippen molar-refractivity contribution in [1.29, 1.82) is 0 Å². The first kappa shape index (κ1) is 25.4. The lowest BCUT2D eigenvalue weighted by atomic mass is 10.1. The lowest BCUT2D eigenvalue weighted by Crippen LogP contribution is -2.01. The summed E-state index contributed by atoms with van der Waals surface area (Å²) in [5.74, 6) is -0.401. The molecule has 0 aliphatic heterocycles. The van der Waals surface area contributed by atoms with E-state index in [1.807, 2.05) is 12.2 Å². The Morgan fingerprint density at radius 3 is 1.41 bits per heavy atom. The predicted octanol–water partition coefficient (Wildman–Crippen LogP) is 6.99. The molecule has 4 nitrogen and oxygen atoms in total. The fourth-order valence-corrected chi connectivity index (χ4v) is 2.60. The summed E-state index contributed by atoms with van der Waals surface area (Å²) >= 11 is 0. The fraction of sp³-hybridized carbons (Fsp3) is 0.739. The number of carbonyl (C=O) groups is 2. The Bertz CT molecular complexity index is 375. The van der Waals surface area contributed by atoms with Crippen LogP contribution in [0, 0.1) is 0 Å². The minimum absolute atomic E-state index is 0.201. The van der Waals surface area contributed by atoms with Crippen molar-refractivity contribution >= 4 is 11.9 Å². The number of ether oxygens (including phenoxy) is 2. The quantitative estimate of drug-likeness (QED) is 0.146. The summed E-state index contributed by atoms with van der Waals surface area (Å²) in [6.07, 6.45) is 21.6. The maximum atomic E-state index is 11.6. The van der Waals surface area contributed by atoms with Gasteiger partial charge in [0.15, 0.2) is 0 Å². The number of hydrogen-bond acceptors (Lipinski definition) is 4. The molecule has 0 rings (SSSR count). The molecule has 0 heterocycles. The fourth-order valence-electron chi connectivity index (χ4n) is 2.60. The molecule has 0 N–H and O–H groups in total. The van der Waals surface area contributed by atoms with Gasteiger partial charge < -0.3 is 9.47 Å². The lowest BCUT2D eigenvalue weighted by Gasteiger charge is -2.01. The first-order chi connectivity index (χ1) is 13.2. The molecule has 0 amide bonds. The van der Waals surface area contributed by atoms with Crippen LogP contribution in [0.15, 0.2) is 24.7 Å². The highest BCUT2D eigenvalue weighted by molar-refractivity contribution is 5.70. The zero-order valence-corrected chi connectivity index (χ0v) is 17.5. The van der Waals surface area contributed by atoms with E-state index in [9.17, 15) is 9.59 Å². The standard InChI is InChI=1S/C23H40O4/c1-3-5-7-9-11-16-20-26-22(24)18-14-13-15-19-23(25)27-21-17-12-10-8-6-4-2/h16-17,20-21H,3-15,18-19H2,1-2H3. The minimum Gasteiger partial charge on any atom is -0.435 e. The first-order valence-electron chi connectivity index (χ1n) is 10.9. The van der Waals surface area contributed by atoms with Crippen molar-refractivity contribution in [3.05, 3.63) is 24.7 Å². The van der Waals surface area contributed by atoms with E-state index in [0.29, 0.717) is 12.8 Å². The third-order valence-electron chi connectivity index (χ3n) is 4.30. The highest BCUT2D eigenvalue weighted by Crippen LogP contribution is 2.07. The van der Waals surface area contributed by atoms with Gasteiger partial charge in [-0.3, -0.25) is 9.59 Å². The molecule has 0 spiro atoms. The Balaban J connectivity index is 3.45. The molecule has 0 aliphatic rings. The maximum absolute atomic E-state index is 11.6. The van der Waals surface area contributed by atoms with Gasteiger partial charge in [-0.1, -0.05) is 58.8 Å². The van der Waals surface area contributed by atoms with Crippen molar-refractivity contribution in [3.8, 4) is 0 Å². The third kappa shape index (κ3) is 20.6. The SMILES string of the molecule is CCCCCCC=COC(=O)CCCCCC(=O)OC=CCCCCCC. The van der Waals surface area contributed by atoms with Crippen molar-refractivity contribution in [1.82, 2.24) is 0 Å². The average Bonchev–Trinajstić information content (AvgIpc) is 2.66. The molecule has 0 bridgehead atoms. The number of hydrogen-bond donors (Lipinski definition) is 0. The van der Waals surface area contributed by atoms with Crippen LogP contribution >= 0.6 is 0 Å². The van der Waals surface area contributed by atoms with E-state index in [0.717, 1.165) is 44.9 Å². The summed E-state index contributed by atoms with van der Waals surface area (Å²) < 4.78 is 10.1. The molecule has 0 aliphatic carbocycles. The predicted molar refractivity (Wildman–Crippen MR) is 111 cm³/mol. The zero-order chi connectivity index (χ0) is 20.0. The van der Waals surface area contributed by atoms with Crippen LogP contribution in [0.4, 0.5) is 0 Å². The first-order valence-corrected chi connectivity index (χ1v) is 10.9. The third-order valence-corrected chi connectivity index (χ3v) is 4.30. The topological polar surface area (TPSA) is 52.6 Å². The van der Waals surface area contributed by atoms with Crippen LogP contribution in [0.5, 0.6) is 0 Å². The molecular formula is C23H40O4. The van der Waals surface area contributed by atoms with Crippen molar-refractivity contribution in [3.63, 3.8) is 0 Å². The second-order valence-electron chi connectivity index (χ2n) is 6.98. The molecule has 0 aromatic rings. The van der Waals surface area contributed by atoms with Crippen LogP contribution in [-0.2, 0) is 19.1 Å². The minimum atomic E-state index is -0.201. The van der Waals surface area contributed by atoms with Gasteiger partial charge in [-0.25, -0.2) is 0 Å². The molecule has 4 heteroatoms. The Hall–Kier alpha value is -1.58. The zero-order valence-electron chi connectivity index (χ0n) is 17.5. The van der Waals surface area contributed by atoms with E-state index in [1.165, 1.54) is 51.0 Å². The molecule has 0 aromatic carbocycles. The Morgan fingerprint density at radius 2 is 1.00 bits per heavy atom. The number of carbonyl (C=O) groups excluding carboxylic acids is 2. The van der Waals surface area contributed by atoms with Gasteiger partial charge in [0.05, 0.1) is 12.5 Å². The van der Waals surface area contributed by atoms with Gasteiger partial charge in [0.2, 0.25) is 0 Å². The van der Waals surface area contributed by atoms with Gasteiger partial charge in [-0.2, -0.15) is 0 Å². The van der Waals surface area contributed by atoms with E-state index in [-0.39, 0.29) is 11.9 Å². The summed E-state index contributed by atoms with van der Waals surface area (Å²) in [6, 6.07) is 0. The van der Waals surface area contributed by atoms with E-state index in [4.69, 9.17) is 9.47 Å². The van der Waals surface area contributed by atoms with Crippen LogP contribution in [-0.4, -0.2) is 11.9 Å². The molecule has 27 heavy (non-hydrogen) atoms. The summed E-state index contributed by atoms with van der Waals surface area (Å²) in [5.41, 5.74) is 0. The smallest absolute Gasteiger partial charge is 0.310 e. The number of unbranched alkanes of at least 4 members (excludes halogenated alkanes) is 10. The molecule has 0 atom stereocenters. The van der Waals surface area contributed by atoms with Crippen LogP contribution < -0.4 is 0 Å². The molecular weight excluding hydrogens is 340 g/mol. The van der Waals surface area contributed by atoms with Crippen LogP contribution in [0.1, 0.15) is 110 Å². The highest BCUT2D eigenvalue weighted by atomic mass is 16.5. The van der Waals surface area contributed by atoms with E-state index in [1.54, 1.807) is 0 Å². The van der Waals surface area contributed by atoms with Crippen LogP contribution in [0.2, 0.25) is 0 Å². The average molecular weight is 381 g/mol. The summed E-state index contributed by atoms with van der Waals surface area (Å²) in [7, 11) is 0. The molecule has 0 saturated carbocycles. The van der Waals surface area contributed by atoms with E-state index >= 15 is 0 Å². The normalized spacial score (nSPS) is 11.3. The summed E-state index contributed by atoms with van der Waals surface area (Å²) in [4.78, 5) is 23.1. The van der Waals surface area contributed by atoms with Gasteiger partial charge in [-0.15, -0.1) is 0 Å². The van der Waals surface area contributed by atoms with Crippen LogP contribution in [0.25, 0.3) is 0 Å². The van der Waals surface area contributed by atoms with E-state index < -0.39 is 0 Å². The lowest BCUT2D eigenvalue weighted by molar-refractivity contribution is -0.138. The summed E-state index contributed by atoms with van der Waals surface area (Å²) in [6.45, 7) is 4.38. The van der Waals surface area contributed by atoms with Crippen LogP contribution in [0.3, 0.4) is 0 Å². The van der Waals surface area contributed by atoms with Gasteiger partial charge in [-0.05, 0) is 50.7 Å². The monoisotopic (exact) mass is 380 g/mol. The molecule has 0 radical (unpaired) electrons.